The summed E-state index contributed by atoms with van der Waals surface area (Å²) in [5.41, 5.74) is 0. The molecular weight excluding hydrogens is 238 g/mol. The molecule has 0 nitrogen and oxygen atoms in total. The van der Waals surface area contributed by atoms with Gasteiger partial charge in [0.05, 0.1) is 8.80 Å². The average Bonchev–Trinajstić information content (AvgIpc) is 2.20. The SMILES string of the molecule is C[SiH](C)[C@]1(F)C(F)=C(F)C(F)=C(F)[C@H]1F. The number of alkyl halides is 2. The lowest BCUT2D eigenvalue weighted by molar-refractivity contribution is 0.119. The van der Waals surface area contributed by atoms with E-state index in [1.807, 2.05) is 0 Å². The summed E-state index contributed by atoms with van der Waals surface area (Å²) in [5.74, 6) is -8.94. The van der Waals surface area contributed by atoms with Crippen LogP contribution in [0.15, 0.2) is 23.3 Å². The highest BCUT2D eigenvalue weighted by Gasteiger charge is 2.56. The van der Waals surface area contributed by atoms with Gasteiger partial charge in [0, 0.05) is 0 Å². The van der Waals surface area contributed by atoms with Gasteiger partial charge in [0.1, 0.15) is 0 Å². The molecule has 0 aromatic rings. The van der Waals surface area contributed by atoms with Gasteiger partial charge in [0.15, 0.2) is 34.8 Å². The molecule has 0 unspecified atom stereocenters. The maximum Gasteiger partial charge on any atom is 0.196 e. The van der Waals surface area contributed by atoms with E-state index in [0.29, 0.717) is 0 Å². The second-order valence-corrected chi connectivity index (χ2v) is 6.72. The smallest absolute Gasteiger partial charge is 0.196 e. The molecule has 0 radical (unpaired) electrons. The summed E-state index contributed by atoms with van der Waals surface area (Å²) in [6, 6.07) is 0. The predicted molar refractivity (Wildman–Crippen MR) is 46.1 cm³/mol. The summed E-state index contributed by atoms with van der Waals surface area (Å²) in [7, 11) is -2.74. The molecule has 0 aromatic carbocycles. The maximum absolute atomic E-state index is 13.7. The first-order chi connectivity index (χ1) is 6.74. The van der Waals surface area contributed by atoms with Crippen LogP contribution in [-0.2, 0) is 0 Å². The zero-order chi connectivity index (χ0) is 12.0. The van der Waals surface area contributed by atoms with E-state index >= 15 is 0 Å². The molecule has 1 aliphatic rings. The molecule has 0 aromatic heterocycles. The molecule has 15 heavy (non-hydrogen) atoms. The van der Waals surface area contributed by atoms with E-state index in [9.17, 15) is 26.3 Å². The Morgan fingerprint density at radius 2 is 1.53 bits per heavy atom. The lowest BCUT2D eigenvalue weighted by atomic mass is 10.1. The van der Waals surface area contributed by atoms with Gasteiger partial charge >= 0.3 is 0 Å². The highest BCUT2D eigenvalue weighted by atomic mass is 28.3. The van der Waals surface area contributed by atoms with Crippen molar-refractivity contribution in [2.24, 2.45) is 0 Å². The Hall–Kier alpha value is -0.723. The standard InChI is InChI=1S/C8H8F6Si/c1-15(2)8(14)6(12)4(10)3(9)5(11)7(8)13/h6,15H,1-2H3/t6-,8+/m1/s1. The first-order valence-corrected chi connectivity index (χ1v) is 7.07. The monoisotopic (exact) mass is 246 g/mol. The van der Waals surface area contributed by atoms with Crippen LogP contribution < -0.4 is 0 Å². The lowest BCUT2D eigenvalue weighted by Crippen LogP contribution is -2.49. The fourth-order valence-electron chi connectivity index (χ4n) is 1.32. The Morgan fingerprint density at radius 3 is 1.93 bits per heavy atom. The molecule has 0 spiro atoms. The molecule has 0 amide bonds. The van der Waals surface area contributed by atoms with E-state index in [0.717, 1.165) is 0 Å². The summed E-state index contributed by atoms with van der Waals surface area (Å²) in [4.78, 5) is 0. The predicted octanol–water partition coefficient (Wildman–Crippen LogP) is 3.37. The first-order valence-electron chi connectivity index (χ1n) is 4.18. The zero-order valence-electron chi connectivity index (χ0n) is 7.92. The summed E-state index contributed by atoms with van der Waals surface area (Å²) in [6.07, 6.45) is -3.09. The molecule has 86 valence electrons. The fourth-order valence-corrected chi connectivity index (χ4v) is 2.69. The summed E-state index contributed by atoms with van der Waals surface area (Å²) < 4.78 is 77.8. The molecule has 7 heteroatoms. The lowest BCUT2D eigenvalue weighted by Gasteiger charge is -2.32. The normalized spacial score (nSPS) is 33.0. The van der Waals surface area contributed by atoms with E-state index in [-0.39, 0.29) is 0 Å². The van der Waals surface area contributed by atoms with Gasteiger partial charge in [-0.2, -0.15) is 0 Å². The van der Waals surface area contributed by atoms with Crippen LogP contribution in [0.1, 0.15) is 0 Å². The van der Waals surface area contributed by atoms with Crippen LogP contribution in [0.25, 0.3) is 0 Å². The molecule has 0 aliphatic heterocycles. The second-order valence-electron chi connectivity index (χ2n) is 3.58. The molecule has 1 rings (SSSR count). The largest absolute Gasteiger partial charge is 0.237 e. The highest BCUT2D eigenvalue weighted by molar-refractivity contribution is 6.60. The van der Waals surface area contributed by atoms with E-state index in [1.165, 1.54) is 13.1 Å². The molecule has 0 saturated carbocycles. The van der Waals surface area contributed by atoms with E-state index in [1.54, 1.807) is 0 Å². The molecule has 0 heterocycles. The van der Waals surface area contributed by atoms with Gasteiger partial charge in [-0.25, -0.2) is 26.3 Å². The van der Waals surface area contributed by atoms with E-state index < -0.39 is 43.6 Å². The van der Waals surface area contributed by atoms with Crippen molar-refractivity contribution in [2.75, 3.05) is 0 Å². The van der Waals surface area contributed by atoms with Crippen molar-refractivity contribution < 1.29 is 26.3 Å². The van der Waals surface area contributed by atoms with Crippen LogP contribution in [0.5, 0.6) is 0 Å². The Bertz CT molecular complexity index is 347. The van der Waals surface area contributed by atoms with Crippen molar-refractivity contribution in [3.63, 3.8) is 0 Å². The van der Waals surface area contributed by atoms with Crippen molar-refractivity contribution in [1.82, 2.24) is 0 Å². The molecule has 2 atom stereocenters. The van der Waals surface area contributed by atoms with E-state index in [4.69, 9.17) is 0 Å². The van der Waals surface area contributed by atoms with E-state index in [2.05, 4.69) is 0 Å². The zero-order valence-corrected chi connectivity index (χ0v) is 9.08. The third-order valence-electron chi connectivity index (χ3n) is 2.36. The maximum atomic E-state index is 13.7. The summed E-state index contributed by atoms with van der Waals surface area (Å²) >= 11 is 0. The van der Waals surface area contributed by atoms with Crippen LogP contribution in [-0.4, -0.2) is 20.3 Å². The van der Waals surface area contributed by atoms with Gasteiger partial charge in [-0.15, -0.1) is 0 Å². The van der Waals surface area contributed by atoms with Crippen molar-refractivity contribution in [2.45, 2.75) is 24.6 Å². The third-order valence-corrected chi connectivity index (χ3v) is 4.59. The van der Waals surface area contributed by atoms with Crippen LogP contribution in [0.3, 0.4) is 0 Å². The van der Waals surface area contributed by atoms with Crippen molar-refractivity contribution >= 4 is 8.80 Å². The third kappa shape index (κ3) is 1.52. The van der Waals surface area contributed by atoms with Gasteiger partial charge in [0.25, 0.3) is 0 Å². The molecule has 0 N–H and O–H groups in total. The number of rotatable bonds is 1. The molecule has 0 bridgehead atoms. The molecular formula is C8H8F6Si. The summed E-state index contributed by atoms with van der Waals surface area (Å²) in [6.45, 7) is 2.35. The first kappa shape index (κ1) is 12.3. The minimum absolute atomic E-state index is 1.18. The van der Waals surface area contributed by atoms with Gasteiger partial charge < -0.3 is 0 Å². The molecule has 1 aliphatic carbocycles. The van der Waals surface area contributed by atoms with Crippen LogP contribution >= 0.6 is 0 Å². The van der Waals surface area contributed by atoms with Crippen molar-refractivity contribution in [3.8, 4) is 0 Å². The summed E-state index contributed by atoms with van der Waals surface area (Å²) in [5, 5.41) is -3.34. The highest BCUT2D eigenvalue weighted by Crippen LogP contribution is 2.45. The van der Waals surface area contributed by atoms with Crippen molar-refractivity contribution in [1.29, 1.82) is 0 Å². The number of hydrogen-bond acceptors (Lipinski definition) is 0. The Balaban J connectivity index is 3.39. The van der Waals surface area contributed by atoms with Gasteiger partial charge in [-0.05, 0) is 0 Å². The minimum atomic E-state index is -3.34. The second kappa shape index (κ2) is 3.69. The van der Waals surface area contributed by atoms with Gasteiger partial charge in [-0.1, -0.05) is 13.1 Å². The van der Waals surface area contributed by atoms with Crippen molar-refractivity contribution in [3.05, 3.63) is 23.3 Å². The van der Waals surface area contributed by atoms with Crippen LogP contribution in [0.4, 0.5) is 26.3 Å². The van der Waals surface area contributed by atoms with Crippen LogP contribution in [0.2, 0.25) is 13.1 Å². The minimum Gasteiger partial charge on any atom is -0.237 e. The number of allylic oxidation sites excluding steroid dienone is 4. The number of halogens is 6. The Labute approximate surface area is 83.9 Å². The Kier molecular flexibility index (Phi) is 3.04. The Morgan fingerprint density at radius 1 is 1.07 bits per heavy atom. The topological polar surface area (TPSA) is 0 Å². The average molecular weight is 246 g/mol. The fraction of sp³-hybridized carbons (Fsp3) is 0.500. The molecule has 0 fully saturated rings. The number of hydrogen-bond donors (Lipinski definition) is 0. The van der Waals surface area contributed by atoms with Gasteiger partial charge in [0.2, 0.25) is 0 Å². The van der Waals surface area contributed by atoms with Crippen LogP contribution in [0, 0.1) is 0 Å². The quantitative estimate of drug-likeness (QED) is 0.491. The van der Waals surface area contributed by atoms with Gasteiger partial charge in [-0.3, -0.25) is 0 Å². The molecule has 0 saturated heterocycles.